The van der Waals surface area contributed by atoms with E-state index in [1.54, 1.807) is 14.2 Å². The van der Waals surface area contributed by atoms with Crippen LogP contribution < -0.4 is 9.47 Å². The molecule has 0 saturated carbocycles. The summed E-state index contributed by atoms with van der Waals surface area (Å²) >= 11 is 0. The number of hydrogen-bond acceptors (Lipinski definition) is 4. The summed E-state index contributed by atoms with van der Waals surface area (Å²) in [6, 6.07) is 5.93. The van der Waals surface area contributed by atoms with Crippen LogP contribution in [-0.2, 0) is 4.74 Å². The Labute approximate surface area is 107 Å². The third kappa shape index (κ3) is 2.60. The Morgan fingerprint density at radius 1 is 1.17 bits per heavy atom. The Hall–Kier alpha value is -1.26. The third-order valence-electron chi connectivity index (χ3n) is 3.50. The standard InChI is InChI=1S/C14H20O4/c1-9-11(5-7-14(15)18-9)10-4-6-12(16-2)13(8-10)17-3/h4,6,8-9,11,14-15H,5,7H2,1-3H3/t9-,11+,14?/m1/s1. The molecule has 0 radical (unpaired) electrons. The molecule has 0 bridgehead atoms. The van der Waals surface area contributed by atoms with Gasteiger partial charge in [0, 0.05) is 5.92 Å². The molecular formula is C14H20O4. The van der Waals surface area contributed by atoms with Crippen LogP contribution in [0.5, 0.6) is 11.5 Å². The van der Waals surface area contributed by atoms with Crippen LogP contribution in [0.2, 0.25) is 0 Å². The summed E-state index contributed by atoms with van der Waals surface area (Å²) in [6.45, 7) is 1.99. The highest BCUT2D eigenvalue weighted by molar-refractivity contribution is 5.44. The molecule has 0 amide bonds. The molecule has 1 aliphatic heterocycles. The van der Waals surface area contributed by atoms with Gasteiger partial charge in [-0.1, -0.05) is 6.07 Å². The Balaban J connectivity index is 2.23. The average Bonchev–Trinajstić information content (AvgIpc) is 2.38. The predicted molar refractivity (Wildman–Crippen MR) is 68.1 cm³/mol. The van der Waals surface area contributed by atoms with Gasteiger partial charge in [0.1, 0.15) is 0 Å². The number of rotatable bonds is 3. The first-order valence-corrected chi connectivity index (χ1v) is 6.21. The first-order chi connectivity index (χ1) is 8.65. The lowest BCUT2D eigenvalue weighted by Gasteiger charge is -2.32. The Kier molecular flexibility index (Phi) is 4.09. The van der Waals surface area contributed by atoms with E-state index in [9.17, 15) is 5.11 Å². The van der Waals surface area contributed by atoms with Crippen molar-refractivity contribution < 1.29 is 19.3 Å². The van der Waals surface area contributed by atoms with Crippen LogP contribution in [0.25, 0.3) is 0 Å². The van der Waals surface area contributed by atoms with E-state index in [-0.39, 0.29) is 12.0 Å². The summed E-state index contributed by atoms with van der Waals surface area (Å²) in [6.07, 6.45) is 0.962. The lowest BCUT2D eigenvalue weighted by molar-refractivity contribution is -0.164. The number of benzene rings is 1. The van der Waals surface area contributed by atoms with Crippen LogP contribution in [0.15, 0.2) is 18.2 Å². The molecular weight excluding hydrogens is 232 g/mol. The smallest absolute Gasteiger partial charge is 0.160 e. The molecule has 1 aromatic rings. The summed E-state index contributed by atoms with van der Waals surface area (Å²) in [5, 5.41) is 9.46. The van der Waals surface area contributed by atoms with Gasteiger partial charge in [0.25, 0.3) is 0 Å². The van der Waals surface area contributed by atoms with Gasteiger partial charge in [0.05, 0.1) is 20.3 Å². The summed E-state index contributed by atoms with van der Waals surface area (Å²) in [5.74, 6) is 1.74. The lowest BCUT2D eigenvalue weighted by Crippen LogP contribution is -2.31. The molecule has 4 heteroatoms. The number of ether oxygens (including phenoxy) is 3. The minimum Gasteiger partial charge on any atom is -0.493 e. The molecule has 4 nitrogen and oxygen atoms in total. The molecule has 1 heterocycles. The van der Waals surface area contributed by atoms with Gasteiger partial charge >= 0.3 is 0 Å². The lowest BCUT2D eigenvalue weighted by atomic mass is 9.87. The second-order valence-electron chi connectivity index (χ2n) is 4.59. The van der Waals surface area contributed by atoms with Crippen LogP contribution >= 0.6 is 0 Å². The molecule has 1 N–H and O–H groups in total. The highest BCUT2D eigenvalue weighted by Crippen LogP contribution is 2.37. The maximum absolute atomic E-state index is 9.46. The van der Waals surface area contributed by atoms with Crippen LogP contribution in [0, 0.1) is 0 Å². The molecule has 0 spiro atoms. The molecule has 100 valence electrons. The highest BCUT2D eigenvalue weighted by Gasteiger charge is 2.28. The van der Waals surface area contributed by atoms with Gasteiger partial charge in [0.15, 0.2) is 17.8 Å². The van der Waals surface area contributed by atoms with Crippen molar-refractivity contribution in [2.45, 2.75) is 38.1 Å². The zero-order valence-electron chi connectivity index (χ0n) is 11.1. The van der Waals surface area contributed by atoms with Crippen molar-refractivity contribution in [3.8, 4) is 11.5 Å². The van der Waals surface area contributed by atoms with Crippen molar-refractivity contribution in [3.63, 3.8) is 0 Å². The summed E-state index contributed by atoms with van der Waals surface area (Å²) < 4.78 is 16.0. The van der Waals surface area contributed by atoms with Gasteiger partial charge in [-0.2, -0.15) is 0 Å². The van der Waals surface area contributed by atoms with Gasteiger partial charge in [-0.3, -0.25) is 0 Å². The molecule has 1 saturated heterocycles. The summed E-state index contributed by atoms with van der Waals surface area (Å²) in [5.41, 5.74) is 1.16. The molecule has 2 rings (SSSR count). The molecule has 0 aromatic heterocycles. The van der Waals surface area contributed by atoms with E-state index in [0.717, 1.165) is 23.5 Å². The predicted octanol–water partition coefficient (Wildman–Crippen LogP) is 2.30. The van der Waals surface area contributed by atoms with Crippen molar-refractivity contribution in [1.29, 1.82) is 0 Å². The number of hydrogen-bond donors (Lipinski definition) is 1. The highest BCUT2D eigenvalue weighted by atomic mass is 16.6. The zero-order chi connectivity index (χ0) is 13.1. The molecule has 0 aliphatic carbocycles. The van der Waals surface area contributed by atoms with E-state index in [2.05, 4.69) is 0 Å². The summed E-state index contributed by atoms with van der Waals surface area (Å²) in [4.78, 5) is 0. The fourth-order valence-electron chi connectivity index (χ4n) is 2.49. The molecule has 1 fully saturated rings. The van der Waals surface area contributed by atoms with Crippen molar-refractivity contribution in [3.05, 3.63) is 23.8 Å². The van der Waals surface area contributed by atoms with Crippen LogP contribution in [0.3, 0.4) is 0 Å². The van der Waals surface area contributed by atoms with E-state index in [1.165, 1.54) is 0 Å². The SMILES string of the molecule is COc1ccc([C@H]2CCC(O)O[C@@H]2C)cc1OC. The normalized spacial score (nSPS) is 27.9. The number of methoxy groups -OCH3 is 2. The minimum atomic E-state index is -0.628. The first kappa shape index (κ1) is 13.2. The van der Waals surface area contributed by atoms with Crippen LogP contribution in [0.1, 0.15) is 31.2 Å². The Morgan fingerprint density at radius 2 is 1.89 bits per heavy atom. The van der Waals surface area contributed by atoms with E-state index in [0.29, 0.717) is 6.42 Å². The zero-order valence-corrected chi connectivity index (χ0v) is 11.1. The Bertz CT molecular complexity index is 405. The quantitative estimate of drug-likeness (QED) is 0.896. The van der Waals surface area contributed by atoms with Crippen LogP contribution in [0.4, 0.5) is 0 Å². The largest absolute Gasteiger partial charge is 0.493 e. The fourth-order valence-corrected chi connectivity index (χ4v) is 2.49. The molecule has 1 aliphatic rings. The van der Waals surface area contributed by atoms with Crippen molar-refractivity contribution in [1.82, 2.24) is 0 Å². The fraction of sp³-hybridized carbons (Fsp3) is 0.571. The van der Waals surface area contributed by atoms with Crippen molar-refractivity contribution in [2.24, 2.45) is 0 Å². The average molecular weight is 252 g/mol. The van der Waals surface area contributed by atoms with Gasteiger partial charge in [-0.25, -0.2) is 0 Å². The van der Waals surface area contributed by atoms with Crippen molar-refractivity contribution in [2.75, 3.05) is 14.2 Å². The van der Waals surface area contributed by atoms with E-state index < -0.39 is 6.29 Å². The molecule has 18 heavy (non-hydrogen) atoms. The Morgan fingerprint density at radius 3 is 2.50 bits per heavy atom. The molecule has 1 aromatic carbocycles. The maximum Gasteiger partial charge on any atom is 0.160 e. The second kappa shape index (κ2) is 5.59. The number of aliphatic hydroxyl groups excluding tert-OH is 1. The minimum absolute atomic E-state index is 0.00634. The van der Waals surface area contributed by atoms with Gasteiger partial charge in [0.2, 0.25) is 0 Å². The molecule has 3 atom stereocenters. The van der Waals surface area contributed by atoms with Gasteiger partial charge in [-0.05, 0) is 37.5 Å². The van der Waals surface area contributed by atoms with Gasteiger partial charge < -0.3 is 19.3 Å². The first-order valence-electron chi connectivity index (χ1n) is 6.21. The maximum atomic E-state index is 9.46. The molecule has 1 unspecified atom stereocenters. The number of aliphatic hydroxyl groups is 1. The summed E-state index contributed by atoms with van der Waals surface area (Å²) in [7, 11) is 3.26. The van der Waals surface area contributed by atoms with E-state index >= 15 is 0 Å². The van der Waals surface area contributed by atoms with Crippen LogP contribution in [-0.4, -0.2) is 31.7 Å². The topological polar surface area (TPSA) is 47.9 Å². The second-order valence-corrected chi connectivity index (χ2v) is 4.59. The van der Waals surface area contributed by atoms with E-state index in [1.807, 2.05) is 25.1 Å². The van der Waals surface area contributed by atoms with Crippen molar-refractivity contribution >= 4 is 0 Å². The third-order valence-corrected chi connectivity index (χ3v) is 3.50. The van der Waals surface area contributed by atoms with Gasteiger partial charge in [-0.15, -0.1) is 0 Å². The monoisotopic (exact) mass is 252 g/mol. The van der Waals surface area contributed by atoms with E-state index in [4.69, 9.17) is 14.2 Å².